The molecule has 0 amide bonds. The third-order valence-corrected chi connectivity index (χ3v) is 5.54. The van der Waals surface area contributed by atoms with Gasteiger partial charge in [-0.15, -0.1) is 0 Å². The maximum absolute atomic E-state index is 6.27. The third kappa shape index (κ3) is 3.00. The van der Waals surface area contributed by atoms with Crippen molar-refractivity contribution in [2.75, 3.05) is 18.9 Å². The lowest BCUT2D eigenvalue weighted by atomic mass is 10.1. The van der Waals surface area contributed by atoms with Crippen LogP contribution >= 0.6 is 0 Å². The highest BCUT2D eigenvalue weighted by Crippen LogP contribution is 2.35. The summed E-state index contributed by atoms with van der Waals surface area (Å²) in [5.74, 6) is 0. The van der Waals surface area contributed by atoms with Crippen LogP contribution in [0.2, 0.25) is 0 Å². The van der Waals surface area contributed by atoms with Gasteiger partial charge in [0.2, 0.25) is 0 Å². The Morgan fingerprint density at radius 3 is 2.52 bits per heavy atom. The number of rotatable bonds is 3. The number of nitrogen functional groups attached to an aromatic ring is 1. The number of hydrogen-bond donors (Lipinski definition) is 1. The lowest BCUT2D eigenvalue weighted by Crippen LogP contribution is -2.20. The number of ether oxygens (including phenoxy) is 2. The fraction of sp³-hybridized carbons (Fsp3) is 0.500. The van der Waals surface area contributed by atoms with Crippen molar-refractivity contribution < 1.29 is 9.47 Å². The summed E-state index contributed by atoms with van der Waals surface area (Å²) in [5.41, 5.74) is 10.9. The minimum Gasteiger partial charge on any atom is -0.399 e. The molecule has 5 rings (SSSR count). The maximum atomic E-state index is 6.27. The molecule has 2 unspecified atom stereocenters. The third-order valence-electron chi connectivity index (χ3n) is 5.54. The summed E-state index contributed by atoms with van der Waals surface area (Å²) in [6, 6.07) is 5.99. The summed E-state index contributed by atoms with van der Waals surface area (Å²) in [4.78, 5) is 4.72. The van der Waals surface area contributed by atoms with E-state index < -0.39 is 0 Å². The SMILES string of the molecule is Nc1cc(-c2ccnn2C2CCCCO2)c2ncn(C3CCCCO3)c2c1. The van der Waals surface area contributed by atoms with Crippen LogP contribution < -0.4 is 5.73 Å². The topological polar surface area (TPSA) is 80.1 Å². The summed E-state index contributed by atoms with van der Waals surface area (Å²) in [6.07, 6.45) is 10.3. The summed E-state index contributed by atoms with van der Waals surface area (Å²) < 4.78 is 16.0. The minimum atomic E-state index is -0.0241. The zero-order valence-corrected chi connectivity index (χ0v) is 15.4. The van der Waals surface area contributed by atoms with E-state index in [0.29, 0.717) is 5.69 Å². The number of hydrogen-bond acceptors (Lipinski definition) is 5. The van der Waals surface area contributed by atoms with Crippen LogP contribution in [0.3, 0.4) is 0 Å². The Hall–Kier alpha value is -2.38. The first kappa shape index (κ1) is 16.8. The molecule has 0 radical (unpaired) electrons. The summed E-state index contributed by atoms with van der Waals surface area (Å²) in [5, 5.41) is 4.54. The van der Waals surface area contributed by atoms with Crippen LogP contribution in [0.4, 0.5) is 5.69 Å². The first-order valence-electron chi connectivity index (χ1n) is 9.84. The van der Waals surface area contributed by atoms with Crippen molar-refractivity contribution in [3.8, 4) is 11.3 Å². The molecule has 2 saturated heterocycles. The van der Waals surface area contributed by atoms with Gasteiger partial charge in [-0.05, 0) is 56.7 Å². The standard InChI is InChI=1S/C20H25N5O2/c21-14-11-15(16-7-8-23-25(16)19-6-2-4-10-27-19)20-17(12-14)24(13-22-20)18-5-1-3-9-26-18/h7-8,11-13,18-19H,1-6,9-10,21H2. The number of imidazole rings is 1. The lowest BCUT2D eigenvalue weighted by Gasteiger charge is -2.25. The Balaban J connectivity index is 1.60. The van der Waals surface area contributed by atoms with E-state index in [1.807, 2.05) is 35.4 Å². The molecule has 4 heterocycles. The van der Waals surface area contributed by atoms with Crippen molar-refractivity contribution in [1.82, 2.24) is 19.3 Å². The molecule has 0 spiro atoms. The maximum Gasteiger partial charge on any atom is 0.150 e. The van der Waals surface area contributed by atoms with E-state index in [4.69, 9.17) is 20.2 Å². The van der Waals surface area contributed by atoms with Crippen LogP contribution in [0.1, 0.15) is 51.0 Å². The van der Waals surface area contributed by atoms with Crippen LogP contribution in [0.5, 0.6) is 0 Å². The Labute approximate surface area is 158 Å². The molecule has 2 aliphatic rings. The van der Waals surface area contributed by atoms with E-state index in [0.717, 1.165) is 67.6 Å². The van der Waals surface area contributed by atoms with Gasteiger partial charge in [0.05, 0.1) is 23.1 Å². The molecule has 3 aromatic rings. The molecule has 2 fully saturated rings. The molecule has 0 saturated carbocycles. The van der Waals surface area contributed by atoms with Gasteiger partial charge in [0, 0.05) is 30.7 Å². The van der Waals surface area contributed by atoms with Crippen LogP contribution in [-0.4, -0.2) is 32.5 Å². The average molecular weight is 367 g/mol. The first-order valence-corrected chi connectivity index (χ1v) is 9.84. The summed E-state index contributed by atoms with van der Waals surface area (Å²) >= 11 is 0. The van der Waals surface area contributed by atoms with Gasteiger partial charge < -0.3 is 19.8 Å². The van der Waals surface area contributed by atoms with Crippen molar-refractivity contribution in [3.63, 3.8) is 0 Å². The van der Waals surface area contributed by atoms with Gasteiger partial charge in [0.25, 0.3) is 0 Å². The predicted octanol–water partition coefficient (Wildman–Crippen LogP) is 3.88. The van der Waals surface area contributed by atoms with Gasteiger partial charge in [-0.1, -0.05) is 0 Å². The first-order chi connectivity index (χ1) is 13.3. The van der Waals surface area contributed by atoms with Gasteiger partial charge in [0.1, 0.15) is 6.23 Å². The zero-order chi connectivity index (χ0) is 18.2. The normalized spacial score (nSPS) is 23.7. The molecule has 0 bridgehead atoms. The molecule has 7 heteroatoms. The van der Waals surface area contributed by atoms with E-state index in [1.54, 1.807) is 0 Å². The molecule has 2 aromatic heterocycles. The fourth-order valence-corrected chi connectivity index (χ4v) is 4.20. The molecule has 7 nitrogen and oxygen atoms in total. The van der Waals surface area contributed by atoms with Crippen molar-refractivity contribution in [3.05, 3.63) is 30.7 Å². The van der Waals surface area contributed by atoms with Crippen LogP contribution in [0.25, 0.3) is 22.3 Å². The summed E-state index contributed by atoms with van der Waals surface area (Å²) in [6.45, 7) is 1.58. The Kier molecular flexibility index (Phi) is 4.33. The monoisotopic (exact) mass is 367 g/mol. The second-order valence-corrected chi connectivity index (χ2v) is 7.39. The van der Waals surface area contributed by atoms with E-state index in [2.05, 4.69) is 9.67 Å². The van der Waals surface area contributed by atoms with Crippen LogP contribution in [-0.2, 0) is 9.47 Å². The van der Waals surface area contributed by atoms with Gasteiger partial charge in [-0.2, -0.15) is 5.10 Å². The predicted molar refractivity (Wildman–Crippen MR) is 103 cm³/mol. The summed E-state index contributed by atoms with van der Waals surface area (Å²) in [7, 11) is 0. The number of aromatic nitrogens is 4. The molecule has 2 aliphatic heterocycles. The molecular formula is C20H25N5O2. The zero-order valence-electron chi connectivity index (χ0n) is 15.4. The smallest absolute Gasteiger partial charge is 0.150 e. The van der Waals surface area contributed by atoms with Gasteiger partial charge in [-0.25, -0.2) is 9.67 Å². The molecule has 2 N–H and O–H groups in total. The van der Waals surface area contributed by atoms with Gasteiger partial charge >= 0.3 is 0 Å². The largest absolute Gasteiger partial charge is 0.399 e. The van der Waals surface area contributed by atoms with Crippen molar-refractivity contribution >= 4 is 16.7 Å². The molecule has 142 valence electrons. The van der Waals surface area contributed by atoms with Crippen molar-refractivity contribution in [1.29, 1.82) is 0 Å². The number of nitrogens with two attached hydrogens (primary N) is 1. The highest BCUT2D eigenvalue weighted by atomic mass is 16.5. The van der Waals surface area contributed by atoms with Crippen molar-refractivity contribution in [2.24, 2.45) is 0 Å². The van der Waals surface area contributed by atoms with Gasteiger partial charge in [-0.3, -0.25) is 0 Å². The Morgan fingerprint density at radius 1 is 1.00 bits per heavy atom. The van der Waals surface area contributed by atoms with Gasteiger partial charge in [0.15, 0.2) is 6.23 Å². The highest BCUT2D eigenvalue weighted by Gasteiger charge is 2.23. The molecule has 2 atom stereocenters. The van der Waals surface area contributed by atoms with E-state index >= 15 is 0 Å². The van der Waals surface area contributed by atoms with Crippen LogP contribution in [0, 0.1) is 0 Å². The quantitative estimate of drug-likeness (QED) is 0.711. The molecule has 1 aromatic carbocycles. The molecule has 27 heavy (non-hydrogen) atoms. The van der Waals surface area contributed by atoms with E-state index in [1.165, 1.54) is 6.42 Å². The van der Waals surface area contributed by atoms with E-state index in [-0.39, 0.29) is 12.5 Å². The number of benzene rings is 1. The average Bonchev–Trinajstić information content (AvgIpc) is 3.36. The number of fused-ring (bicyclic) bond motifs is 1. The van der Waals surface area contributed by atoms with Crippen molar-refractivity contribution in [2.45, 2.75) is 51.0 Å². The molecular weight excluding hydrogens is 342 g/mol. The lowest BCUT2D eigenvalue weighted by molar-refractivity contribution is -0.0383. The number of anilines is 1. The Morgan fingerprint density at radius 2 is 1.78 bits per heavy atom. The fourth-order valence-electron chi connectivity index (χ4n) is 4.20. The van der Waals surface area contributed by atoms with E-state index in [9.17, 15) is 0 Å². The second kappa shape index (κ2) is 6.98. The second-order valence-electron chi connectivity index (χ2n) is 7.39. The Bertz CT molecular complexity index is 935. The van der Waals surface area contributed by atoms with Crippen LogP contribution in [0.15, 0.2) is 30.7 Å². The number of nitrogens with zero attached hydrogens (tertiary/aromatic N) is 4. The molecule has 0 aliphatic carbocycles. The minimum absolute atomic E-state index is 0.0241. The highest BCUT2D eigenvalue weighted by molar-refractivity contribution is 5.94.